The van der Waals surface area contributed by atoms with Crippen molar-refractivity contribution in [3.05, 3.63) is 63.8 Å². The second-order valence-electron chi connectivity index (χ2n) is 6.43. The van der Waals surface area contributed by atoms with Crippen LogP contribution in [-0.2, 0) is 19.5 Å². The van der Waals surface area contributed by atoms with Gasteiger partial charge in [-0.05, 0) is 18.2 Å². The highest BCUT2D eigenvalue weighted by Crippen LogP contribution is 2.36. The highest BCUT2D eigenvalue weighted by molar-refractivity contribution is 5.48. The van der Waals surface area contributed by atoms with Crippen LogP contribution in [-0.4, -0.2) is 28.2 Å². The van der Waals surface area contributed by atoms with Gasteiger partial charge in [0.25, 0.3) is 5.56 Å². The lowest BCUT2D eigenvalue weighted by atomic mass is 10.1. The summed E-state index contributed by atoms with van der Waals surface area (Å²) in [6.45, 7) is 2.34. The topological polar surface area (TPSA) is 80.6 Å². The molecule has 0 amide bonds. The smallest absolute Gasteiger partial charge is 0.256 e. The van der Waals surface area contributed by atoms with Gasteiger partial charge < -0.3 is 18.9 Å². The number of nitrogens with zero attached hydrogens (tertiary/aromatic N) is 2. The normalized spacial score (nSPS) is 15.8. The van der Waals surface area contributed by atoms with Crippen molar-refractivity contribution < 1.29 is 13.9 Å². The maximum Gasteiger partial charge on any atom is 0.256 e. The van der Waals surface area contributed by atoms with Crippen molar-refractivity contribution in [2.75, 3.05) is 13.3 Å². The number of aromatic amines is 1. The van der Waals surface area contributed by atoms with Gasteiger partial charge in [0.05, 0.1) is 17.5 Å². The van der Waals surface area contributed by atoms with Crippen molar-refractivity contribution in [2.24, 2.45) is 0 Å². The summed E-state index contributed by atoms with van der Waals surface area (Å²) in [6.07, 6.45) is 2.29. The third-order valence-corrected chi connectivity index (χ3v) is 4.77. The fourth-order valence-corrected chi connectivity index (χ4v) is 3.50. The molecule has 1 N–H and O–H groups in total. The highest BCUT2D eigenvalue weighted by atomic mass is 16.7. The molecule has 2 aromatic heterocycles. The summed E-state index contributed by atoms with van der Waals surface area (Å²) < 4.78 is 16.4. The first kappa shape index (κ1) is 15.2. The quantitative estimate of drug-likeness (QED) is 0.780. The average Bonchev–Trinajstić information content (AvgIpc) is 3.34. The van der Waals surface area contributed by atoms with Crippen molar-refractivity contribution in [1.29, 1.82) is 0 Å². The number of para-hydroxylation sites is 1. The van der Waals surface area contributed by atoms with E-state index in [9.17, 15) is 4.79 Å². The molecule has 0 saturated heterocycles. The largest absolute Gasteiger partial charge is 0.461 e. The van der Waals surface area contributed by atoms with Crippen LogP contribution < -0.4 is 15.0 Å². The molecule has 26 heavy (non-hydrogen) atoms. The highest BCUT2D eigenvalue weighted by Gasteiger charge is 2.24. The van der Waals surface area contributed by atoms with E-state index in [4.69, 9.17) is 13.9 Å². The lowest BCUT2D eigenvalue weighted by Gasteiger charge is -2.27. The molecular formula is C19H17N3O4. The fraction of sp³-hybridized carbons (Fsp3) is 0.263. The van der Waals surface area contributed by atoms with E-state index in [0.717, 1.165) is 41.3 Å². The molecule has 1 aromatic carbocycles. The van der Waals surface area contributed by atoms with E-state index in [0.29, 0.717) is 24.7 Å². The number of furan rings is 1. The predicted octanol–water partition coefficient (Wildman–Crippen LogP) is 2.32. The zero-order valence-electron chi connectivity index (χ0n) is 14.0. The third kappa shape index (κ3) is 2.57. The second-order valence-corrected chi connectivity index (χ2v) is 6.43. The lowest BCUT2D eigenvalue weighted by molar-refractivity contribution is 0.171. The Morgan fingerprint density at radius 3 is 3.04 bits per heavy atom. The molecule has 0 bridgehead atoms. The molecule has 3 aromatic rings. The summed E-state index contributed by atoms with van der Waals surface area (Å²) in [5, 5.41) is 0. The zero-order chi connectivity index (χ0) is 17.5. The molecule has 0 spiro atoms. The van der Waals surface area contributed by atoms with Crippen molar-refractivity contribution in [1.82, 2.24) is 14.9 Å². The second kappa shape index (κ2) is 6.03. The number of fused-ring (bicyclic) bond motifs is 2. The minimum absolute atomic E-state index is 0.107. The molecule has 0 saturated carbocycles. The standard InChI is InChI=1S/C19H17N3O4/c23-19-13-10-22(9-12-3-1-4-15-17(12)26-11-25-15)7-6-14(13)20-18(21-19)16-5-2-8-24-16/h1-5,8H,6-7,9-11H2,(H,20,21,23). The van der Waals surface area contributed by atoms with Crippen LogP contribution in [0.25, 0.3) is 11.6 Å². The minimum atomic E-state index is -0.107. The van der Waals surface area contributed by atoms with E-state index in [2.05, 4.69) is 14.9 Å². The Morgan fingerprint density at radius 2 is 2.15 bits per heavy atom. The summed E-state index contributed by atoms with van der Waals surface area (Å²) in [4.78, 5) is 22.2. The van der Waals surface area contributed by atoms with E-state index in [1.54, 1.807) is 18.4 Å². The molecule has 7 nitrogen and oxygen atoms in total. The van der Waals surface area contributed by atoms with Crippen molar-refractivity contribution in [2.45, 2.75) is 19.5 Å². The van der Waals surface area contributed by atoms with Gasteiger partial charge in [-0.2, -0.15) is 0 Å². The molecule has 4 heterocycles. The summed E-state index contributed by atoms with van der Waals surface area (Å²) in [5.74, 6) is 2.64. The number of nitrogens with one attached hydrogen (secondary N) is 1. The number of hydrogen-bond donors (Lipinski definition) is 1. The SMILES string of the molecule is O=c1[nH]c(-c2ccco2)nc2c1CN(Cc1cccc3c1OCO3)CC2. The van der Waals surface area contributed by atoms with E-state index >= 15 is 0 Å². The number of H-pyrrole nitrogens is 1. The Hall–Kier alpha value is -3.06. The van der Waals surface area contributed by atoms with Crippen molar-refractivity contribution >= 4 is 0 Å². The first-order valence-corrected chi connectivity index (χ1v) is 8.54. The van der Waals surface area contributed by atoms with E-state index in [-0.39, 0.29) is 12.4 Å². The predicted molar refractivity (Wildman–Crippen MR) is 92.9 cm³/mol. The van der Waals surface area contributed by atoms with Gasteiger partial charge >= 0.3 is 0 Å². The summed E-state index contributed by atoms with van der Waals surface area (Å²) in [6, 6.07) is 9.47. The molecule has 0 atom stereocenters. The number of aromatic nitrogens is 2. The average molecular weight is 351 g/mol. The van der Waals surface area contributed by atoms with E-state index in [1.165, 1.54) is 0 Å². The molecule has 0 unspecified atom stereocenters. The molecule has 5 rings (SSSR count). The summed E-state index contributed by atoms with van der Waals surface area (Å²) >= 11 is 0. The van der Waals surface area contributed by atoms with Crippen LogP contribution in [0.3, 0.4) is 0 Å². The fourth-order valence-electron chi connectivity index (χ4n) is 3.50. The Morgan fingerprint density at radius 1 is 1.19 bits per heavy atom. The molecule has 0 radical (unpaired) electrons. The Kier molecular flexibility index (Phi) is 3.53. The van der Waals surface area contributed by atoms with Crippen molar-refractivity contribution in [3.63, 3.8) is 0 Å². The minimum Gasteiger partial charge on any atom is -0.461 e. The number of benzene rings is 1. The van der Waals surface area contributed by atoms with Gasteiger partial charge in [-0.25, -0.2) is 4.98 Å². The number of ether oxygens (including phenoxy) is 2. The molecular weight excluding hydrogens is 334 g/mol. The Labute approximate surface area is 149 Å². The molecule has 0 aliphatic carbocycles. The summed E-state index contributed by atoms with van der Waals surface area (Å²) in [5.41, 5.74) is 2.52. The maximum absolute atomic E-state index is 12.6. The van der Waals surface area contributed by atoms with Gasteiger partial charge in [0, 0.05) is 31.6 Å². The molecule has 132 valence electrons. The Bertz CT molecular complexity index is 1010. The molecule has 2 aliphatic heterocycles. The van der Waals surface area contributed by atoms with Crippen LogP contribution >= 0.6 is 0 Å². The summed E-state index contributed by atoms with van der Waals surface area (Å²) in [7, 11) is 0. The van der Waals surface area contributed by atoms with E-state index < -0.39 is 0 Å². The first-order valence-electron chi connectivity index (χ1n) is 8.54. The van der Waals surface area contributed by atoms with Gasteiger partial charge in [0.15, 0.2) is 23.1 Å². The van der Waals surface area contributed by atoms with Gasteiger partial charge in [0.1, 0.15) is 0 Å². The zero-order valence-corrected chi connectivity index (χ0v) is 14.0. The van der Waals surface area contributed by atoms with Crippen LogP contribution in [0, 0.1) is 0 Å². The van der Waals surface area contributed by atoms with Gasteiger partial charge in [-0.3, -0.25) is 9.69 Å². The van der Waals surface area contributed by atoms with Gasteiger partial charge in [-0.15, -0.1) is 0 Å². The van der Waals surface area contributed by atoms with Crippen LogP contribution in [0.5, 0.6) is 11.5 Å². The molecule has 0 fully saturated rings. The molecule has 7 heteroatoms. The third-order valence-electron chi connectivity index (χ3n) is 4.77. The van der Waals surface area contributed by atoms with Gasteiger partial charge in [-0.1, -0.05) is 12.1 Å². The van der Waals surface area contributed by atoms with Crippen LogP contribution in [0.15, 0.2) is 45.8 Å². The monoisotopic (exact) mass is 351 g/mol. The van der Waals surface area contributed by atoms with Crippen molar-refractivity contribution in [3.8, 4) is 23.1 Å². The number of rotatable bonds is 3. The lowest BCUT2D eigenvalue weighted by Crippen LogP contribution is -2.35. The van der Waals surface area contributed by atoms with Crippen LogP contribution in [0.4, 0.5) is 0 Å². The van der Waals surface area contributed by atoms with Crippen LogP contribution in [0.2, 0.25) is 0 Å². The number of hydrogen-bond acceptors (Lipinski definition) is 6. The first-order chi connectivity index (χ1) is 12.8. The Balaban J connectivity index is 1.41. The van der Waals surface area contributed by atoms with E-state index in [1.807, 2.05) is 18.2 Å². The molecule has 2 aliphatic rings. The van der Waals surface area contributed by atoms with Crippen LogP contribution in [0.1, 0.15) is 16.8 Å². The van der Waals surface area contributed by atoms with Gasteiger partial charge in [0.2, 0.25) is 6.79 Å². The maximum atomic E-state index is 12.6.